The van der Waals surface area contributed by atoms with Crippen molar-refractivity contribution >= 4 is 0 Å². The molecule has 18 heavy (non-hydrogen) atoms. The van der Waals surface area contributed by atoms with E-state index in [0.717, 1.165) is 13.1 Å². The minimum Gasteiger partial charge on any atom is -0.296 e. The molecule has 2 rings (SSSR count). The quantitative estimate of drug-likeness (QED) is 0.814. The molecule has 1 aliphatic heterocycles. The standard InChI is InChI=1S/C15H27N3/c1-12(2)17-15(10-16,13-6-7-13)11-18-9-5-8-14(18,3)4/h12-13,17H,5-9,11H2,1-4H3. The highest BCUT2D eigenvalue weighted by molar-refractivity contribution is 5.18. The Morgan fingerprint density at radius 3 is 2.50 bits per heavy atom. The van der Waals surface area contributed by atoms with Gasteiger partial charge in [-0.05, 0) is 65.8 Å². The summed E-state index contributed by atoms with van der Waals surface area (Å²) in [7, 11) is 0. The van der Waals surface area contributed by atoms with Crippen molar-refractivity contribution in [2.75, 3.05) is 13.1 Å². The smallest absolute Gasteiger partial charge is 0.122 e. The second-order valence-corrected chi connectivity index (χ2v) is 6.99. The van der Waals surface area contributed by atoms with Crippen LogP contribution >= 0.6 is 0 Å². The van der Waals surface area contributed by atoms with Crippen LogP contribution < -0.4 is 5.32 Å². The first kappa shape index (κ1) is 13.8. The molecule has 1 saturated heterocycles. The highest BCUT2D eigenvalue weighted by Crippen LogP contribution is 2.42. The third kappa shape index (κ3) is 2.70. The summed E-state index contributed by atoms with van der Waals surface area (Å²) >= 11 is 0. The molecule has 2 fully saturated rings. The summed E-state index contributed by atoms with van der Waals surface area (Å²) < 4.78 is 0. The fourth-order valence-electron chi connectivity index (χ4n) is 3.30. The van der Waals surface area contributed by atoms with E-state index in [2.05, 4.69) is 44.0 Å². The number of hydrogen-bond donors (Lipinski definition) is 1. The van der Waals surface area contributed by atoms with E-state index in [4.69, 9.17) is 0 Å². The molecule has 0 radical (unpaired) electrons. The maximum absolute atomic E-state index is 9.73. The van der Waals surface area contributed by atoms with E-state index in [1.165, 1.54) is 25.7 Å². The van der Waals surface area contributed by atoms with Gasteiger partial charge in [-0.25, -0.2) is 0 Å². The third-order valence-electron chi connectivity index (χ3n) is 4.53. The average molecular weight is 249 g/mol. The lowest BCUT2D eigenvalue weighted by Gasteiger charge is -2.40. The van der Waals surface area contributed by atoms with Crippen LogP contribution in [0.1, 0.15) is 53.4 Å². The second-order valence-electron chi connectivity index (χ2n) is 6.99. The molecule has 1 unspecified atom stereocenters. The van der Waals surface area contributed by atoms with Gasteiger partial charge in [0.2, 0.25) is 0 Å². The summed E-state index contributed by atoms with van der Waals surface area (Å²) in [4.78, 5) is 2.52. The summed E-state index contributed by atoms with van der Waals surface area (Å²) in [6.07, 6.45) is 4.94. The van der Waals surface area contributed by atoms with Crippen LogP contribution in [0.15, 0.2) is 0 Å². The molecule has 1 heterocycles. The van der Waals surface area contributed by atoms with E-state index >= 15 is 0 Å². The molecule has 2 aliphatic rings. The van der Waals surface area contributed by atoms with Crippen molar-refractivity contribution in [3.8, 4) is 6.07 Å². The predicted molar refractivity (Wildman–Crippen MR) is 74.2 cm³/mol. The second kappa shape index (κ2) is 4.83. The Hall–Kier alpha value is -0.590. The van der Waals surface area contributed by atoms with Crippen molar-refractivity contribution in [2.24, 2.45) is 5.92 Å². The van der Waals surface area contributed by atoms with E-state index in [0.29, 0.717) is 12.0 Å². The van der Waals surface area contributed by atoms with Crippen LogP contribution in [0.2, 0.25) is 0 Å². The number of nitriles is 1. The molecule has 0 aromatic heterocycles. The Morgan fingerprint density at radius 1 is 1.44 bits per heavy atom. The van der Waals surface area contributed by atoms with Gasteiger partial charge in [-0.1, -0.05) is 0 Å². The number of likely N-dealkylation sites (tertiary alicyclic amines) is 1. The summed E-state index contributed by atoms with van der Waals surface area (Å²) in [5.41, 5.74) is -0.0641. The minimum absolute atomic E-state index is 0.260. The molecule has 1 aliphatic carbocycles. The molecule has 0 bridgehead atoms. The largest absolute Gasteiger partial charge is 0.296 e. The van der Waals surface area contributed by atoms with E-state index in [9.17, 15) is 5.26 Å². The monoisotopic (exact) mass is 249 g/mol. The summed E-state index contributed by atoms with van der Waals surface area (Å²) in [6.45, 7) is 10.9. The number of rotatable bonds is 5. The van der Waals surface area contributed by atoms with Gasteiger partial charge in [0, 0.05) is 18.1 Å². The lowest BCUT2D eigenvalue weighted by molar-refractivity contribution is 0.125. The van der Waals surface area contributed by atoms with Crippen molar-refractivity contribution in [3.05, 3.63) is 0 Å². The van der Waals surface area contributed by atoms with Crippen molar-refractivity contribution < 1.29 is 0 Å². The number of nitrogens with zero attached hydrogens (tertiary/aromatic N) is 2. The van der Waals surface area contributed by atoms with Crippen molar-refractivity contribution in [3.63, 3.8) is 0 Å². The van der Waals surface area contributed by atoms with Crippen molar-refractivity contribution in [2.45, 2.75) is 70.5 Å². The van der Waals surface area contributed by atoms with Crippen LogP contribution in [0.3, 0.4) is 0 Å². The zero-order valence-electron chi connectivity index (χ0n) is 12.3. The number of nitrogens with one attached hydrogen (secondary N) is 1. The van der Waals surface area contributed by atoms with Gasteiger partial charge in [-0.2, -0.15) is 5.26 Å². The molecule has 1 atom stereocenters. The lowest BCUT2D eigenvalue weighted by atomic mass is 9.91. The van der Waals surface area contributed by atoms with Crippen LogP contribution in [0, 0.1) is 17.2 Å². The van der Waals surface area contributed by atoms with E-state index in [1.807, 2.05) is 0 Å². The van der Waals surface area contributed by atoms with Gasteiger partial charge in [-0.15, -0.1) is 0 Å². The Morgan fingerprint density at radius 2 is 2.11 bits per heavy atom. The fourth-order valence-corrected chi connectivity index (χ4v) is 3.30. The first-order valence-electron chi connectivity index (χ1n) is 7.34. The summed E-state index contributed by atoms with van der Waals surface area (Å²) in [6, 6.07) is 2.99. The van der Waals surface area contributed by atoms with Crippen LogP contribution in [0.5, 0.6) is 0 Å². The highest BCUT2D eigenvalue weighted by atomic mass is 15.2. The highest BCUT2D eigenvalue weighted by Gasteiger charge is 2.49. The van der Waals surface area contributed by atoms with Crippen molar-refractivity contribution in [1.29, 1.82) is 5.26 Å². The molecular formula is C15H27N3. The molecule has 1 saturated carbocycles. The Kier molecular flexibility index (Phi) is 3.71. The maximum atomic E-state index is 9.73. The zero-order chi connectivity index (χ0) is 13.4. The minimum atomic E-state index is -0.324. The maximum Gasteiger partial charge on any atom is 0.122 e. The first-order chi connectivity index (χ1) is 8.39. The summed E-state index contributed by atoms with van der Waals surface area (Å²) in [5, 5.41) is 13.3. The van der Waals surface area contributed by atoms with E-state index in [1.54, 1.807) is 0 Å². The molecule has 0 spiro atoms. The number of hydrogen-bond acceptors (Lipinski definition) is 3. The van der Waals surface area contributed by atoms with Crippen LogP contribution in [-0.2, 0) is 0 Å². The van der Waals surface area contributed by atoms with Gasteiger partial charge in [0.05, 0.1) is 6.07 Å². The topological polar surface area (TPSA) is 39.1 Å². The van der Waals surface area contributed by atoms with Gasteiger partial charge >= 0.3 is 0 Å². The normalized spacial score (nSPS) is 27.1. The molecule has 3 heteroatoms. The molecule has 3 nitrogen and oxygen atoms in total. The van der Waals surface area contributed by atoms with Gasteiger partial charge in [0.15, 0.2) is 0 Å². The molecule has 0 aromatic rings. The SMILES string of the molecule is CC(C)NC(C#N)(CN1CCCC1(C)C)C1CC1. The van der Waals surface area contributed by atoms with Gasteiger partial charge < -0.3 is 0 Å². The Bertz CT molecular complexity index is 338. The van der Waals surface area contributed by atoms with Crippen molar-refractivity contribution in [1.82, 2.24) is 10.2 Å². The Labute approximate surface area is 112 Å². The molecule has 0 aromatic carbocycles. The molecule has 1 N–H and O–H groups in total. The lowest BCUT2D eigenvalue weighted by Crippen LogP contribution is -2.58. The molecule has 0 amide bonds. The van der Waals surface area contributed by atoms with Gasteiger partial charge in [0.25, 0.3) is 0 Å². The average Bonchev–Trinajstić information content (AvgIpc) is 3.05. The summed E-state index contributed by atoms with van der Waals surface area (Å²) in [5.74, 6) is 0.557. The Balaban J connectivity index is 2.12. The van der Waals surface area contributed by atoms with E-state index < -0.39 is 0 Å². The third-order valence-corrected chi connectivity index (χ3v) is 4.53. The van der Waals surface area contributed by atoms with Crippen LogP contribution in [0.25, 0.3) is 0 Å². The first-order valence-corrected chi connectivity index (χ1v) is 7.34. The van der Waals surface area contributed by atoms with Gasteiger partial charge in [0.1, 0.15) is 5.54 Å². The van der Waals surface area contributed by atoms with E-state index in [-0.39, 0.29) is 11.1 Å². The fraction of sp³-hybridized carbons (Fsp3) is 0.933. The molecular weight excluding hydrogens is 222 g/mol. The van der Waals surface area contributed by atoms with Crippen LogP contribution in [0.4, 0.5) is 0 Å². The predicted octanol–water partition coefficient (Wildman–Crippen LogP) is 2.53. The zero-order valence-corrected chi connectivity index (χ0v) is 12.3. The van der Waals surface area contributed by atoms with Crippen LogP contribution in [-0.4, -0.2) is 35.1 Å². The molecule has 102 valence electrons. The van der Waals surface area contributed by atoms with Gasteiger partial charge in [-0.3, -0.25) is 10.2 Å².